The normalized spacial score (nSPS) is 10.6. The first-order chi connectivity index (χ1) is 15.6. The number of nitrogens with zero attached hydrogens (tertiary/aromatic N) is 2. The molecular formula is C26H24N2O4. The fourth-order valence-corrected chi connectivity index (χ4v) is 3.32. The molecule has 0 aliphatic carbocycles. The van der Waals surface area contributed by atoms with Crippen molar-refractivity contribution in [3.8, 4) is 34.2 Å². The van der Waals surface area contributed by atoms with E-state index in [1.54, 1.807) is 17.9 Å². The first-order valence-electron chi connectivity index (χ1n) is 10.3. The van der Waals surface area contributed by atoms with Crippen LogP contribution in [0.15, 0.2) is 78.9 Å². The molecule has 0 N–H and O–H groups in total. The molecule has 1 aromatic heterocycles. The molecule has 32 heavy (non-hydrogen) atoms. The SMILES string of the molecule is CCc1ccc(Oc2ccc(-c3cc(C(=O)OC)n(-c4ccc(OC)cc4)n3)cc2)cc1. The summed E-state index contributed by atoms with van der Waals surface area (Å²) in [6.07, 6.45) is 0.992. The number of hydrogen-bond acceptors (Lipinski definition) is 5. The van der Waals surface area contributed by atoms with Crippen LogP contribution in [-0.4, -0.2) is 30.0 Å². The third kappa shape index (κ3) is 4.49. The van der Waals surface area contributed by atoms with E-state index in [4.69, 9.17) is 14.2 Å². The maximum Gasteiger partial charge on any atom is 0.356 e. The number of esters is 1. The van der Waals surface area contributed by atoms with Gasteiger partial charge < -0.3 is 14.2 Å². The lowest BCUT2D eigenvalue weighted by Crippen LogP contribution is -2.10. The van der Waals surface area contributed by atoms with Crippen LogP contribution in [0.4, 0.5) is 0 Å². The standard InChI is InChI=1S/C26H24N2O4/c1-4-18-5-11-22(12-6-18)32-23-13-7-19(8-14-23)24-17-25(26(29)31-3)28(27-24)20-9-15-21(30-2)16-10-20/h5-17H,4H2,1-3H3. The molecule has 3 aromatic carbocycles. The minimum Gasteiger partial charge on any atom is -0.497 e. The predicted molar refractivity (Wildman–Crippen MR) is 123 cm³/mol. The van der Waals surface area contributed by atoms with Crippen molar-refractivity contribution in [2.75, 3.05) is 14.2 Å². The number of benzene rings is 3. The molecule has 0 bridgehead atoms. The summed E-state index contributed by atoms with van der Waals surface area (Å²) in [5, 5.41) is 4.64. The molecule has 0 saturated carbocycles. The molecule has 0 saturated heterocycles. The van der Waals surface area contributed by atoms with Gasteiger partial charge in [-0.2, -0.15) is 5.10 Å². The van der Waals surface area contributed by atoms with Crippen molar-refractivity contribution in [3.63, 3.8) is 0 Å². The topological polar surface area (TPSA) is 62.6 Å². The molecule has 0 atom stereocenters. The molecule has 0 unspecified atom stereocenters. The zero-order chi connectivity index (χ0) is 22.5. The number of methoxy groups -OCH3 is 2. The smallest absolute Gasteiger partial charge is 0.356 e. The van der Waals surface area contributed by atoms with E-state index in [9.17, 15) is 4.79 Å². The lowest BCUT2D eigenvalue weighted by Gasteiger charge is -2.07. The van der Waals surface area contributed by atoms with Crippen LogP contribution in [0.1, 0.15) is 23.0 Å². The highest BCUT2D eigenvalue weighted by Crippen LogP contribution is 2.27. The van der Waals surface area contributed by atoms with Crippen LogP contribution in [-0.2, 0) is 11.2 Å². The first-order valence-corrected chi connectivity index (χ1v) is 10.3. The maximum atomic E-state index is 12.4. The van der Waals surface area contributed by atoms with Gasteiger partial charge in [0.15, 0.2) is 5.69 Å². The zero-order valence-corrected chi connectivity index (χ0v) is 18.2. The summed E-state index contributed by atoms with van der Waals surface area (Å²) in [5.74, 6) is 1.77. The highest BCUT2D eigenvalue weighted by molar-refractivity contribution is 5.89. The van der Waals surface area contributed by atoms with E-state index < -0.39 is 5.97 Å². The second-order valence-corrected chi connectivity index (χ2v) is 7.14. The van der Waals surface area contributed by atoms with Crippen molar-refractivity contribution in [1.82, 2.24) is 9.78 Å². The molecule has 1 heterocycles. The van der Waals surface area contributed by atoms with Crippen molar-refractivity contribution in [1.29, 1.82) is 0 Å². The Hall–Kier alpha value is -4.06. The molecule has 4 aromatic rings. The Bertz CT molecular complexity index is 1190. The van der Waals surface area contributed by atoms with Gasteiger partial charge in [0.2, 0.25) is 0 Å². The van der Waals surface area contributed by atoms with Gasteiger partial charge in [0.25, 0.3) is 0 Å². The summed E-state index contributed by atoms with van der Waals surface area (Å²) in [4.78, 5) is 12.4. The van der Waals surface area contributed by atoms with Crippen LogP contribution in [0.3, 0.4) is 0 Å². The van der Waals surface area contributed by atoms with E-state index in [1.165, 1.54) is 12.7 Å². The number of aromatic nitrogens is 2. The highest BCUT2D eigenvalue weighted by Gasteiger charge is 2.18. The van der Waals surface area contributed by atoms with Crippen LogP contribution >= 0.6 is 0 Å². The lowest BCUT2D eigenvalue weighted by atomic mass is 10.1. The number of aryl methyl sites for hydroxylation is 1. The average Bonchev–Trinajstić information content (AvgIpc) is 3.30. The highest BCUT2D eigenvalue weighted by atomic mass is 16.5. The number of carbonyl (C=O) groups is 1. The molecule has 0 amide bonds. The Morgan fingerprint density at radius 1 is 0.844 bits per heavy atom. The Kier molecular flexibility index (Phi) is 6.22. The van der Waals surface area contributed by atoms with Crippen LogP contribution < -0.4 is 9.47 Å². The molecule has 0 radical (unpaired) electrons. The predicted octanol–water partition coefficient (Wildman–Crippen LogP) is 5.69. The molecule has 6 nitrogen and oxygen atoms in total. The van der Waals surface area contributed by atoms with Crippen molar-refractivity contribution < 1.29 is 19.0 Å². The lowest BCUT2D eigenvalue weighted by molar-refractivity contribution is 0.0590. The van der Waals surface area contributed by atoms with Crippen molar-refractivity contribution in [2.24, 2.45) is 0 Å². The number of rotatable bonds is 7. The molecule has 0 aliphatic heterocycles. The van der Waals surface area contributed by atoms with Crippen molar-refractivity contribution in [3.05, 3.63) is 90.1 Å². The molecule has 0 aliphatic rings. The van der Waals surface area contributed by atoms with Crippen LogP contribution in [0.2, 0.25) is 0 Å². The van der Waals surface area contributed by atoms with Gasteiger partial charge in [-0.1, -0.05) is 19.1 Å². The first kappa shape index (κ1) is 21.2. The van der Waals surface area contributed by atoms with E-state index in [0.717, 1.165) is 34.9 Å². The summed E-state index contributed by atoms with van der Waals surface area (Å²) in [6.45, 7) is 2.12. The van der Waals surface area contributed by atoms with Gasteiger partial charge in [-0.25, -0.2) is 9.48 Å². The van der Waals surface area contributed by atoms with Crippen LogP contribution in [0, 0.1) is 0 Å². The molecule has 162 valence electrons. The van der Waals surface area contributed by atoms with Gasteiger partial charge in [0.05, 0.1) is 25.6 Å². The minimum absolute atomic E-state index is 0.337. The average molecular weight is 428 g/mol. The van der Waals surface area contributed by atoms with Crippen molar-refractivity contribution in [2.45, 2.75) is 13.3 Å². The van der Waals surface area contributed by atoms with Crippen LogP contribution in [0.5, 0.6) is 17.2 Å². The molecule has 0 spiro atoms. The van der Waals surface area contributed by atoms with Gasteiger partial charge in [-0.15, -0.1) is 0 Å². The minimum atomic E-state index is -0.463. The zero-order valence-electron chi connectivity index (χ0n) is 18.2. The summed E-state index contributed by atoms with van der Waals surface area (Å²) in [6, 6.07) is 24.7. The van der Waals surface area contributed by atoms with Gasteiger partial charge in [-0.3, -0.25) is 0 Å². The van der Waals surface area contributed by atoms with E-state index in [2.05, 4.69) is 24.2 Å². The summed E-state index contributed by atoms with van der Waals surface area (Å²) in [5.41, 5.74) is 3.84. The van der Waals surface area contributed by atoms with Crippen LogP contribution in [0.25, 0.3) is 16.9 Å². The van der Waals surface area contributed by atoms with Crippen molar-refractivity contribution >= 4 is 5.97 Å². The Labute approximate surface area is 187 Å². The molecule has 0 fully saturated rings. The molecular weight excluding hydrogens is 404 g/mol. The number of hydrogen-bond donors (Lipinski definition) is 0. The van der Waals surface area contributed by atoms with E-state index in [-0.39, 0.29) is 0 Å². The maximum absolute atomic E-state index is 12.4. The fraction of sp³-hybridized carbons (Fsp3) is 0.154. The van der Waals surface area contributed by atoms with E-state index in [0.29, 0.717) is 11.4 Å². The second kappa shape index (κ2) is 9.39. The molecule has 6 heteroatoms. The van der Waals surface area contributed by atoms with Gasteiger partial charge in [0, 0.05) is 5.56 Å². The monoisotopic (exact) mass is 428 g/mol. The van der Waals surface area contributed by atoms with E-state index in [1.807, 2.05) is 60.7 Å². The number of carbonyl (C=O) groups excluding carboxylic acids is 1. The van der Waals surface area contributed by atoms with Gasteiger partial charge >= 0.3 is 5.97 Å². The molecule has 4 rings (SSSR count). The Balaban J connectivity index is 1.61. The van der Waals surface area contributed by atoms with E-state index >= 15 is 0 Å². The Morgan fingerprint density at radius 2 is 1.44 bits per heavy atom. The van der Waals surface area contributed by atoms with Gasteiger partial charge in [0.1, 0.15) is 17.2 Å². The largest absolute Gasteiger partial charge is 0.497 e. The van der Waals surface area contributed by atoms with Gasteiger partial charge in [-0.05, 0) is 78.7 Å². The second-order valence-electron chi connectivity index (χ2n) is 7.14. The summed E-state index contributed by atoms with van der Waals surface area (Å²) >= 11 is 0. The number of ether oxygens (including phenoxy) is 3. The fourth-order valence-electron chi connectivity index (χ4n) is 3.32. The quantitative estimate of drug-likeness (QED) is 0.354. The summed E-state index contributed by atoms with van der Waals surface area (Å²) in [7, 11) is 2.96. The Morgan fingerprint density at radius 3 is 2.00 bits per heavy atom. The summed E-state index contributed by atoms with van der Waals surface area (Å²) < 4.78 is 17.7. The third-order valence-corrected chi connectivity index (χ3v) is 5.14. The third-order valence-electron chi connectivity index (χ3n) is 5.14.